The van der Waals surface area contributed by atoms with Crippen molar-refractivity contribution in [1.82, 2.24) is 9.62 Å². The Labute approximate surface area is 151 Å². The molecular formula is C17H21FN2O5S. The molecule has 1 aliphatic heterocycles. The van der Waals surface area contributed by atoms with Gasteiger partial charge in [-0.3, -0.25) is 9.59 Å². The molecule has 1 atom stereocenters. The molecule has 1 aromatic rings. The third-order valence-corrected chi connectivity index (χ3v) is 6.92. The number of sulfonamides is 1. The highest BCUT2D eigenvalue weighted by Gasteiger charge is 2.38. The van der Waals surface area contributed by atoms with E-state index in [0.29, 0.717) is 32.2 Å². The Hall–Kier alpha value is -2.00. The summed E-state index contributed by atoms with van der Waals surface area (Å²) in [5.41, 5.74) is 0. The molecule has 1 aliphatic carbocycles. The van der Waals surface area contributed by atoms with Crippen molar-refractivity contribution in [2.45, 2.75) is 36.6 Å². The number of carboxylic acids is 1. The predicted octanol–water partition coefficient (Wildman–Crippen LogP) is 1.21. The lowest BCUT2D eigenvalue weighted by atomic mass is 9.80. The molecule has 0 bridgehead atoms. The highest BCUT2D eigenvalue weighted by atomic mass is 32.2. The van der Waals surface area contributed by atoms with Crippen LogP contribution in [0.4, 0.5) is 4.39 Å². The van der Waals surface area contributed by atoms with Crippen LogP contribution in [0.2, 0.25) is 0 Å². The topological polar surface area (TPSA) is 104 Å². The molecule has 7 nitrogen and oxygen atoms in total. The van der Waals surface area contributed by atoms with Gasteiger partial charge in [-0.1, -0.05) is 0 Å². The highest BCUT2D eigenvalue weighted by molar-refractivity contribution is 7.89. The molecular weight excluding hydrogens is 363 g/mol. The number of aliphatic carboxylic acids is 1. The average Bonchev–Trinajstić information content (AvgIpc) is 2.57. The fraction of sp³-hybridized carbons (Fsp3) is 0.529. The van der Waals surface area contributed by atoms with Gasteiger partial charge in [-0.05, 0) is 49.9 Å². The van der Waals surface area contributed by atoms with Crippen LogP contribution in [0.1, 0.15) is 25.7 Å². The number of nitrogens with zero attached hydrogens (tertiary/aromatic N) is 1. The number of rotatable bonds is 5. The molecule has 1 saturated heterocycles. The number of benzene rings is 1. The van der Waals surface area contributed by atoms with Gasteiger partial charge in [0.15, 0.2) is 0 Å². The second-order valence-electron chi connectivity index (χ2n) is 6.87. The molecule has 2 aliphatic rings. The second-order valence-corrected chi connectivity index (χ2v) is 8.81. The Morgan fingerprint density at radius 1 is 1.15 bits per heavy atom. The van der Waals surface area contributed by atoms with Crippen LogP contribution in [0.3, 0.4) is 0 Å². The van der Waals surface area contributed by atoms with E-state index in [4.69, 9.17) is 5.11 Å². The Morgan fingerprint density at radius 3 is 2.42 bits per heavy atom. The Morgan fingerprint density at radius 2 is 1.81 bits per heavy atom. The number of hydrogen-bond donors (Lipinski definition) is 2. The van der Waals surface area contributed by atoms with Crippen molar-refractivity contribution < 1.29 is 27.5 Å². The van der Waals surface area contributed by atoms with Crippen LogP contribution < -0.4 is 5.32 Å². The maximum absolute atomic E-state index is 13.0. The Kier molecular flexibility index (Phi) is 5.29. The molecule has 3 rings (SSSR count). The van der Waals surface area contributed by atoms with Crippen molar-refractivity contribution in [3.05, 3.63) is 30.1 Å². The summed E-state index contributed by atoms with van der Waals surface area (Å²) < 4.78 is 39.6. The van der Waals surface area contributed by atoms with E-state index in [-0.39, 0.29) is 23.4 Å². The number of hydrogen-bond acceptors (Lipinski definition) is 4. The zero-order valence-electron chi connectivity index (χ0n) is 14.1. The fourth-order valence-electron chi connectivity index (χ4n) is 3.39. The SMILES string of the molecule is O=C(O)C1CC(NC(=O)C2CCCN(S(=O)(=O)c3ccc(F)cc3)C2)C1. The van der Waals surface area contributed by atoms with E-state index < -0.39 is 33.6 Å². The van der Waals surface area contributed by atoms with Gasteiger partial charge in [-0.15, -0.1) is 0 Å². The smallest absolute Gasteiger partial charge is 0.306 e. The predicted molar refractivity (Wildman–Crippen MR) is 90.2 cm³/mol. The van der Waals surface area contributed by atoms with Crippen molar-refractivity contribution in [3.8, 4) is 0 Å². The number of carbonyl (C=O) groups excluding carboxylic acids is 1. The molecule has 1 unspecified atom stereocenters. The van der Waals surface area contributed by atoms with Gasteiger partial charge in [-0.25, -0.2) is 12.8 Å². The molecule has 0 radical (unpaired) electrons. The lowest BCUT2D eigenvalue weighted by Gasteiger charge is -2.36. The summed E-state index contributed by atoms with van der Waals surface area (Å²) in [6.45, 7) is 0.384. The van der Waals surface area contributed by atoms with Gasteiger partial charge in [-0.2, -0.15) is 4.31 Å². The van der Waals surface area contributed by atoms with Crippen molar-refractivity contribution in [1.29, 1.82) is 0 Å². The van der Waals surface area contributed by atoms with Crippen LogP contribution in [0.15, 0.2) is 29.2 Å². The summed E-state index contributed by atoms with van der Waals surface area (Å²) in [6, 6.07) is 4.46. The number of piperidine rings is 1. The summed E-state index contributed by atoms with van der Waals surface area (Å²) in [7, 11) is -3.78. The van der Waals surface area contributed by atoms with Crippen molar-refractivity contribution in [3.63, 3.8) is 0 Å². The molecule has 1 saturated carbocycles. The first kappa shape index (κ1) is 18.8. The number of amides is 1. The Balaban J connectivity index is 1.61. The minimum atomic E-state index is -3.78. The molecule has 0 spiro atoms. The van der Waals surface area contributed by atoms with Crippen LogP contribution >= 0.6 is 0 Å². The van der Waals surface area contributed by atoms with E-state index in [1.54, 1.807) is 0 Å². The molecule has 0 aromatic heterocycles. The van der Waals surface area contributed by atoms with Gasteiger partial charge >= 0.3 is 5.97 Å². The van der Waals surface area contributed by atoms with Crippen LogP contribution in [-0.2, 0) is 19.6 Å². The van der Waals surface area contributed by atoms with E-state index in [1.807, 2.05) is 0 Å². The lowest BCUT2D eigenvalue weighted by molar-refractivity contribution is -0.146. The number of carboxylic acid groups (broad SMARTS) is 1. The van der Waals surface area contributed by atoms with Gasteiger partial charge in [0.2, 0.25) is 15.9 Å². The monoisotopic (exact) mass is 384 g/mol. The fourth-order valence-corrected chi connectivity index (χ4v) is 4.91. The lowest BCUT2D eigenvalue weighted by Crippen LogP contribution is -2.51. The van der Waals surface area contributed by atoms with E-state index in [0.717, 1.165) is 12.1 Å². The number of halogens is 1. The maximum Gasteiger partial charge on any atom is 0.306 e. The maximum atomic E-state index is 13.0. The largest absolute Gasteiger partial charge is 0.481 e. The third-order valence-electron chi connectivity index (χ3n) is 5.04. The molecule has 26 heavy (non-hydrogen) atoms. The molecule has 1 heterocycles. The zero-order valence-corrected chi connectivity index (χ0v) is 14.9. The van der Waals surface area contributed by atoms with Crippen LogP contribution in [0, 0.1) is 17.7 Å². The Bertz CT molecular complexity index is 790. The minimum Gasteiger partial charge on any atom is -0.481 e. The van der Waals surface area contributed by atoms with E-state index in [1.165, 1.54) is 16.4 Å². The first-order chi connectivity index (χ1) is 12.3. The summed E-state index contributed by atoms with van der Waals surface area (Å²) >= 11 is 0. The highest BCUT2D eigenvalue weighted by Crippen LogP contribution is 2.29. The number of carbonyl (C=O) groups is 2. The van der Waals surface area contributed by atoms with Gasteiger partial charge in [0, 0.05) is 19.1 Å². The van der Waals surface area contributed by atoms with E-state index >= 15 is 0 Å². The first-order valence-corrected chi connectivity index (χ1v) is 10.0. The molecule has 1 aromatic carbocycles. The van der Waals surface area contributed by atoms with Gasteiger partial charge in [0.25, 0.3) is 0 Å². The molecule has 9 heteroatoms. The van der Waals surface area contributed by atoms with E-state index in [2.05, 4.69) is 5.32 Å². The van der Waals surface area contributed by atoms with Crippen molar-refractivity contribution in [2.24, 2.45) is 11.8 Å². The third kappa shape index (κ3) is 3.88. The van der Waals surface area contributed by atoms with Gasteiger partial charge < -0.3 is 10.4 Å². The number of nitrogens with one attached hydrogen (secondary N) is 1. The quantitative estimate of drug-likeness (QED) is 0.794. The molecule has 142 valence electrons. The summed E-state index contributed by atoms with van der Waals surface area (Å²) in [5.74, 6) is -2.49. The van der Waals surface area contributed by atoms with Gasteiger partial charge in [0.05, 0.1) is 16.7 Å². The summed E-state index contributed by atoms with van der Waals surface area (Å²) in [6.07, 6.45) is 1.95. The van der Waals surface area contributed by atoms with Crippen LogP contribution in [0.5, 0.6) is 0 Å². The summed E-state index contributed by atoms with van der Waals surface area (Å²) in [5, 5.41) is 11.7. The van der Waals surface area contributed by atoms with Crippen molar-refractivity contribution in [2.75, 3.05) is 13.1 Å². The first-order valence-electron chi connectivity index (χ1n) is 8.56. The van der Waals surface area contributed by atoms with Gasteiger partial charge in [0.1, 0.15) is 5.82 Å². The normalized spacial score (nSPS) is 26.7. The minimum absolute atomic E-state index is 0.00301. The van der Waals surface area contributed by atoms with Crippen molar-refractivity contribution >= 4 is 21.9 Å². The standard InChI is InChI=1S/C17H21FN2O5S/c18-13-3-5-15(6-4-13)26(24,25)20-7-1-2-11(10-20)16(21)19-14-8-12(9-14)17(22)23/h3-6,11-12,14H,1-2,7-10H2,(H,19,21)(H,22,23). The second kappa shape index (κ2) is 7.32. The molecule has 1 amide bonds. The average molecular weight is 384 g/mol. The van der Waals surface area contributed by atoms with Crippen LogP contribution in [-0.4, -0.2) is 48.8 Å². The zero-order chi connectivity index (χ0) is 18.9. The summed E-state index contributed by atoms with van der Waals surface area (Å²) in [4.78, 5) is 23.2. The molecule has 2 N–H and O–H groups in total. The molecule has 2 fully saturated rings. The van der Waals surface area contributed by atoms with E-state index in [9.17, 15) is 22.4 Å². The van der Waals surface area contributed by atoms with Crippen LogP contribution in [0.25, 0.3) is 0 Å².